The predicted octanol–water partition coefficient (Wildman–Crippen LogP) is 2.82. The maximum absolute atomic E-state index is 12.2. The number of hydrogen-bond acceptors (Lipinski definition) is 5. The van der Waals surface area contributed by atoms with E-state index in [2.05, 4.69) is 41.3 Å². The highest BCUT2D eigenvalue weighted by molar-refractivity contribution is 5.73. The first-order valence-electron chi connectivity index (χ1n) is 11.4. The van der Waals surface area contributed by atoms with Gasteiger partial charge in [0.05, 0.1) is 0 Å². The van der Waals surface area contributed by atoms with Crippen molar-refractivity contribution in [3.05, 3.63) is 35.5 Å². The molecular weight excluding hydrogens is 378 g/mol. The van der Waals surface area contributed by atoms with Crippen LogP contribution in [0.5, 0.6) is 0 Å². The van der Waals surface area contributed by atoms with Crippen molar-refractivity contribution in [1.82, 2.24) is 30.4 Å². The summed E-state index contributed by atoms with van der Waals surface area (Å²) in [7, 11) is 0. The summed E-state index contributed by atoms with van der Waals surface area (Å²) in [5, 5.41) is 14.5. The molecule has 0 saturated carbocycles. The number of pyridine rings is 1. The number of aromatic nitrogens is 4. The van der Waals surface area contributed by atoms with Gasteiger partial charge < -0.3 is 20.1 Å². The number of hydrogen-bond donors (Lipinski definition) is 2. The van der Waals surface area contributed by atoms with Crippen LogP contribution in [0.1, 0.15) is 62.2 Å². The van der Waals surface area contributed by atoms with Gasteiger partial charge in [0, 0.05) is 51.8 Å². The summed E-state index contributed by atoms with van der Waals surface area (Å²) >= 11 is 0. The molecule has 8 nitrogen and oxygen atoms in total. The standard InChI is InChI=1S/C22H33N7O/c30-22(24-12-10-20-27-26-19-8-4-3-7-15-29(19)20)25-17-18-9-11-23-21(16-18)28-13-5-1-2-6-14-28/h9,11,16H,1-8,10,12-15,17H2,(H2,24,25,30). The molecule has 2 amide bonds. The molecular formula is C22H33N7O. The van der Waals surface area contributed by atoms with Crippen LogP contribution in [0.4, 0.5) is 10.6 Å². The summed E-state index contributed by atoms with van der Waals surface area (Å²) < 4.78 is 2.23. The van der Waals surface area contributed by atoms with Gasteiger partial charge in [0.15, 0.2) is 0 Å². The number of rotatable bonds is 6. The number of carbonyl (C=O) groups is 1. The summed E-state index contributed by atoms with van der Waals surface area (Å²) in [5.41, 5.74) is 1.07. The van der Waals surface area contributed by atoms with Crippen molar-refractivity contribution in [2.75, 3.05) is 24.5 Å². The summed E-state index contributed by atoms with van der Waals surface area (Å²) in [6.45, 7) is 4.17. The van der Waals surface area contributed by atoms with Gasteiger partial charge in [0.1, 0.15) is 17.5 Å². The molecule has 2 aromatic heterocycles. The van der Waals surface area contributed by atoms with Crippen molar-refractivity contribution in [3.63, 3.8) is 0 Å². The first-order chi connectivity index (χ1) is 14.8. The number of nitrogens with zero attached hydrogens (tertiary/aromatic N) is 5. The van der Waals surface area contributed by atoms with Gasteiger partial charge in [-0.15, -0.1) is 10.2 Å². The van der Waals surface area contributed by atoms with Crippen LogP contribution in [0.25, 0.3) is 0 Å². The first-order valence-corrected chi connectivity index (χ1v) is 11.4. The molecule has 0 radical (unpaired) electrons. The van der Waals surface area contributed by atoms with Crippen LogP contribution in [0.3, 0.4) is 0 Å². The molecule has 0 unspecified atom stereocenters. The Kier molecular flexibility index (Phi) is 7.16. The third-order valence-electron chi connectivity index (χ3n) is 6.01. The molecule has 4 rings (SSSR count). The number of anilines is 1. The number of urea groups is 1. The highest BCUT2D eigenvalue weighted by Crippen LogP contribution is 2.18. The molecule has 0 aliphatic carbocycles. The lowest BCUT2D eigenvalue weighted by Crippen LogP contribution is -2.36. The fourth-order valence-electron chi connectivity index (χ4n) is 4.31. The molecule has 1 saturated heterocycles. The minimum absolute atomic E-state index is 0.154. The molecule has 0 aromatic carbocycles. The molecule has 8 heteroatoms. The smallest absolute Gasteiger partial charge is 0.315 e. The van der Waals surface area contributed by atoms with Gasteiger partial charge in [-0.3, -0.25) is 0 Å². The number of amides is 2. The Hall–Kier alpha value is -2.64. The lowest BCUT2D eigenvalue weighted by Gasteiger charge is -2.21. The molecule has 0 bridgehead atoms. The molecule has 2 N–H and O–H groups in total. The topological polar surface area (TPSA) is 88.0 Å². The van der Waals surface area contributed by atoms with E-state index in [-0.39, 0.29) is 6.03 Å². The number of carbonyl (C=O) groups excluding carboxylic acids is 1. The third-order valence-corrected chi connectivity index (χ3v) is 6.01. The van der Waals surface area contributed by atoms with Gasteiger partial charge in [-0.2, -0.15) is 0 Å². The summed E-state index contributed by atoms with van der Waals surface area (Å²) in [4.78, 5) is 19.1. The second kappa shape index (κ2) is 10.4. The van der Waals surface area contributed by atoms with Crippen molar-refractivity contribution in [2.45, 2.75) is 70.9 Å². The Morgan fingerprint density at radius 2 is 1.77 bits per heavy atom. The van der Waals surface area contributed by atoms with Crippen LogP contribution < -0.4 is 15.5 Å². The van der Waals surface area contributed by atoms with Crippen molar-refractivity contribution >= 4 is 11.8 Å². The van der Waals surface area contributed by atoms with E-state index in [1.165, 1.54) is 44.9 Å². The maximum Gasteiger partial charge on any atom is 0.315 e. The van der Waals surface area contributed by atoms with E-state index in [9.17, 15) is 4.79 Å². The largest absolute Gasteiger partial charge is 0.357 e. The predicted molar refractivity (Wildman–Crippen MR) is 116 cm³/mol. The Morgan fingerprint density at radius 3 is 2.63 bits per heavy atom. The Morgan fingerprint density at radius 1 is 0.967 bits per heavy atom. The van der Waals surface area contributed by atoms with E-state index in [0.29, 0.717) is 19.5 Å². The highest BCUT2D eigenvalue weighted by Gasteiger charge is 2.15. The molecule has 2 aromatic rings. The van der Waals surface area contributed by atoms with E-state index < -0.39 is 0 Å². The van der Waals surface area contributed by atoms with Crippen LogP contribution in [0, 0.1) is 0 Å². The molecule has 30 heavy (non-hydrogen) atoms. The van der Waals surface area contributed by atoms with Crippen molar-refractivity contribution in [3.8, 4) is 0 Å². The second-order valence-electron chi connectivity index (χ2n) is 8.28. The van der Waals surface area contributed by atoms with Crippen molar-refractivity contribution in [2.24, 2.45) is 0 Å². The summed E-state index contributed by atoms with van der Waals surface area (Å²) in [6.07, 6.45) is 12.2. The zero-order chi connectivity index (χ0) is 20.6. The van der Waals surface area contributed by atoms with Gasteiger partial charge in [-0.1, -0.05) is 19.3 Å². The van der Waals surface area contributed by atoms with Gasteiger partial charge in [-0.25, -0.2) is 9.78 Å². The minimum Gasteiger partial charge on any atom is -0.357 e. The normalized spacial score (nSPS) is 17.0. The fourth-order valence-corrected chi connectivity index (χ4v) is 4.31. The molecule has 2 aliphatic rings. The minimum atomic E-state index is -0.154. The van der Waals surface area contributed by atoms with Crippen molar-refractivity contribution in [1.29, 1.82) is 0 Å². The number of nitrogens with one attached hydrogen (secondary N) is 2. The fraction of sp³-hybridized carbons (Fsp3) is 0.636. The van der Waals surface area contributed by atoms with Crippen LogP contribution in [0.15, 0.2) is 18.3 Å². The Balaban J connectivity index is 1.22. The number of aryl methyl sites for hydroxylation is 1. The quantitative estimate of drug-likeness (QED) is 0.763. The van der Waals surface area contributed by atoms with E-state index >= 15 is 0 Å². The molecule has 4 heterocycles. The van der Waals surface area contributed by atoms with Crippen LogP contribution in [-0.4, -0.2) is 45.4 Å². The molecule has 162 valence electrons. The van der Waals surface area contributed by atoms with Crippen LogP contribution in [0.2, 0.25) is 0 Å². The molecule has 2 aliphatic heterocycles. The van der Waals surface area contributed by atoms with E-state index in [4.69, 9.17) is 0 Å². The van der Waals surface area contributed by atoms with Gasteiger partial charge in [-0.05, 0) is 43.4 Å². The SMILES string of the molecule is O=C(NCCc1nnc2n1CCCCC2)NCc1ccnc(N2CCCCCC2)c1. The van der Waals surface area contributed by atoms with Gasteiger partial charge in [0.25, 0.3) is 0 Å². The molecule has 0 spiro atoms. The maximum atomic E-state index is 12.2. The second-order valence-corrected chi connectivity index (χ2v) is 8.28. The summed E-state index contributed by atoms with van der Waals surface area (Å²) in [6, 6.07) is 3.91. The zero-order valence-electron chi connectivity index (χ0n) is 17.8. The van der Waals surface area contributed by atoms with Crippen LogP contribution in [-0.2, 0) is 25.9 Å². The third kappa shape index (κ3) is 5.49. The molecule has 0 atom stereocenters. The zero-order valence-corrected chi connectivity index (χ0v) is 17.8. The van der Waals surface area contributed by atoms with Crippen LogP contribution >= 0.6 is 0 Å². The monoisotopic (exact) mass is 411 g/mol. The Labute approximate surface area is 178 Å². The molecule has 1 fully saturated rings. The van der Waals surface area contributed by atoms with E-state index in [0.717, 1.165) is 49.1 Å². The lowest BCUT2D eigenvalue weighted by atomic mass is 10.2. The van der Waals surface area contributed by atoms with Gasteiger partial charge >= 0.3 is 6.03 Å². The average molecular weight is 412 g/mol. The van der Waals surface area contributed by atoms with Crippen molar-refractivity contribution < 1.29 is 4.79 Å². The average Bonchev–Trinajstić information content (AvgIpc) is 2.98. The Bertz CT molecular complexity index is 827. The lowest BCUT2D eigenvalue weighted by molar-refractivity contribution is 0.240. The summed E-state index contributed by atoms with van der Waals surface area (Å²) in [5.74, 6) is 3.08. The first kappa shape index (κ1) is 20.6. The highest BCUT2D eigenvalue weighted by atomic mass is 16.2. The number of fused-ring (bicyclic) bond motifs is 1. The van der Waals surface area contributed by atoms with E-state index in [1.807, 2.05) is 12.3 Å². The van der Waals surface area contributed by atoms with Gasteiger partial charge in [0.2, 0.25) is 0 Å². The van der Waals surface area contributed by atoms with E-state index in [1.54, 1.807) is 0 Å².